The Morgan fingerprint density at radius 3 is 1.67 bits per heavy atom. The molecule has 1 amide bonds. The first-order chi connectivity index (χ1) is 27.4. The van der Waals surface area contributed by atoms with Crippen molar-refractivity contribution in [2.75, 3.05) is 13.2 Å². The molecule has 8 unspecified atom stereocenters. The Labute approximate surface area is 345 Å². The first kappa shape index (κ1) is 53.6. The van der Waals surface area contributed by atoms with Crippen molar-refractivity contribution in [3.8, 4) is 0 Å². The zero-order valence-electron chi connectivity index (χ0n) is 35.3. The van der Waals surface area contributed by atoms with Crippen molar-refractivity contribution < 1.29 is 57.0 Å². The highest BCUT2D eigenvalue weighted by Gasteiger charge is 2.48. The van der Waals surface area contributed by atoms with E-state index < -0.39 is 78.5 Å². The molecule has 0 saturated carbocycles. The number of unbranched alkanes of at least 4 members (excludes halogenated alkanes) is 22. The lowest BCUT2D eigenvalue weighted by atomic mass is 9.99. The second-order valence-corrected chi connectivity index (χ2v) is 16.8. The molecule has 14 heteroatoms. The summed E-state index contributed by atoms with van der Waals surface area (Å²) < 4.78 is 47.4. The molecule has 8 atom stereocenters. The molecule has 0 aliphatic carbocycles. The molecule has 1 aliphatic rings. The van der Waals surface area contributed by atoms with Gasteiger partial charge >= 0.3 is 10.4 Å². The second-order valence-electron chi connectivity index (χ2n) is 15.8. The van der Waals surface area contributed by atoms with E-state index in [1.165, 1.54) is 102 Å². The number of hydrogen-bond donors (Lipinski definition) is 7. The van der Waals surface area contributed by atoms with Crippen LogP contribution in [0.2, 0.25) is 0 Å². The van der Waals surface area contributed by atoms with Crippen molar-refractivity contribution in [3.05, 3.63) is 24.3 Å². The van der Waals surface area contributed by atoms with Gasteiger partial charge in [0.15, 0.2) is 6.29 Å². The number of amides is 1. The Hall–Kier alpha value is -1.46. The van der Waals surface area contributed by atoms with Crippen LogP contribution < -0.4 is 5.32 Å². The highest BCUT2D eigenvalue weighted by Crippen LogP contribution is 2.26. The van der Waals surface area contributed by atoms with Gasteiger partial charge in [-0.05, 0) is 44.9 Å². The van der Waals surface area contributed by atoms with Crippen LogP contribution in [0.15, 0.2) is 24.3 Å². The van der Waals surface area contributed by atoms with E-state index in [0.29, 0.717) is 12.8 Å². The molecule has 1 aliphatic heterocycles. The topological polar surface area (TPSA) is 212 Å². The summed E-state index contributed by atoms with van der Waals surface area (Å²) in [5, 5.41) is 55.0. The van der Waals surface area contributed by atoms with Crippen molar-refractivity contribution in [2.24, 2.45) is 0 Å². The van der Waals surface area contributed by atoms with Crippen LogP contribution in [0.25, 0.3) is 0 Å². The highest BCUT2D eigenvalue weighted by molar-refractivity contribution is 7.80. The van der Waals surface area contributed by atoms with Gasteiger partial charge in [0, 0.05) is 0 Å². The number of nitrogens with one attached hydrogen (secondary N) is 1. The van der Waals surface area contributed by atoms with E-state index in [2.05, 4.69) is 35.5 Å². The quantitative estimate of drug-likeness (QED) is 0.0189. The van der Waals surface area contributed by atoms with Crippen LogP contribution in [-0.4, -0.2) is 107 Å². The molecule has 7 N–H and O–H groups in total. The Kier molecular flexibility index (Phi) is 32.2. The van der Waals surface area contributed by atoms with Gasteiger partial charge in [-0.1, -0.05) is 160 Å². The van der Waals surface area contributed by atoms with E-state index in [1.807, 2.05) is 6.08 Å². The average molecular weight is 836 g/mol. The number of aliphatic hydroxyl groups excluding tert-OH is 5. The van der Waals surface area contributed by atoms with Gasteiger partial charge in [-0.2, -0.15) is 8.42 Å². The van der Waals surface area contributed by atoms with Gasteiger partial charge in [-0.15, -0.1) is 0 Å². The summed E-state index contributed by atoms with van der Waals surface area (Å²) in [6.07, 6.45) is 25.5. The first-order valence-corrected chi connectivity index (χ1v) is 23.7. The SMILES string of the molecule is CCCCC/C=C\CCCCCCC(O)C(=O)NC(COC1OC(CO)C(O)C(OS(=O)(=O)O)C1O)C(O)/C=C/CCCCCCCCCCCCCCCCC. The molecule has 0 aromatic rings. The lowest BCUT2D eigenvalue weighted by molar-refractivity contribution is -0.298. The molecular weight excluding hydrogens is 755 g/mol. The van der Waals surface area contributed by atoms with Crippen molar-refractivity contribution in [3.63, 3.8) is 0 Å². The first-order valence-electron chi connectivity index (χ1n) is 22.3. The molecule has 1 saturated heterocycles. The summed E-state index contributed by atoms with van der Waals surface area (Å²) in [6, 6.07) is -1.12. The van der Waals surface area contributed by atoms with E-state index in [9.17, 15) is 38.7 Å². The third-order valence-corrected chi connectivity index (χ3v) is 11.0. The number of allylic oxidation sites excluding steroid dienone is 3. The summed E-state index contributed by atoms with van der Waals surface area (Å²) in [5.41, 5.74) is 0. The maximum absolute atomic E-state index is 13.0. The molecule has 0 aromatic heterocycles. The van der Waals surface area contributed by atoms with Crippen molar-refractivity contribution in [1.29, 1.82) is 0 Å². The summed E-state index contributed by atoms with van der Waals surface area (Å²) in [7, 11) is -5.12. The minimum Gasteiger partial charge on any atom is -0.394 e. The molecule has 1 rings (SSSR count). The fourth-order valence-electron chi connectivity index (χ4n) is 6.98. The molecular formula is C43H81NO12S. The summed E-state index contributed by atoms with van der Waals surface area (Å²) in [6.45, 7) is 3.17. The third kappa shape index (κ3) is 27.1. The Balaban J connectivity index is 2.62. The predicted molar refractivity (Wildman–Crippen MR) is 224 cm³/mol. The highest BCUT2D eigenvalue weighted by atomic mass is 32.3. The zero-order valence-corrected chi connectivity index (χ0v) is 36.1. The van der Waals surface area contributed by atoms with Crippen LogP contribution in [0.3, 0.4) is 0 Å². The van der Waals surface area contributed by atoms with Gasteiger partial charge in [0.1, 0.15) is 30.5 Å². The van der Waals surface area contributed by atoms with Crippen LogP contribution in [0.1, 0.15) is 181 Å². The number of ether oxygens (including phenoxy) is 2. The standard InChI is InChI=1S/C43H81NO12S/c1-3-5-7-9-11-13-15-16-17-18-19-20-22-23-25-27-29-31-36(46)35(34-54-43-40(49)41(56-57(51,52)53)39(48)38(33-45)55-43)44-42(50)37(47)32-30-28-26-24-21-14-12-10-8-6-4-2/h12,14,29,31,35-41,43,45-49H,3-11,13,15-28,30,32-34H2,1-2H3,(H,44,50)(H,51,52,53)/b14-12-,31-29+. The second kappa shape index (κ2) is 34.3. The lowest BCUT2D eigenvalue weighted by Crippen LogP contribution is -2.61. The molecule has 13 nitrogen and oxygen atoms in total. The fraction of sp³-hybridized carbons (Fsp3) is 0.884. The Morgan fingerprint density at radius 1 is 0.702 bits per heavy atom. The minimum atomic E-state index is -5.12. The van der Waals surface area contributed by atoms with E-state index in [1.54, 1.807) is 0 Å². The summed E-state index contributed by atoms with van der Waals surface area (Å²) in [4.78, 5) is 13.0. The predicted octanol–water partition coefficient (Wildman–Crippen LogP) is 7.13. The summed E-state index contributed by atoms with van der Waals surface area (Å²) in [5.74, 6) is -0.713. The number of carbonyl (C=O) groups is 1. The number of carbonyl (C=O) groups excluding carboxylic acids is 1. The molecule has 1 heterocycles. The average Bonchev–Trinajstić information content (AvgIpc) is 3.18. The van der Waals surface area contributed by atoms with Gasteiger partial charge in [0.25, 0.3) is 0 Å². The van der Waals surface area contributed by atoms with Crippen molar-refractivity contribution in [2.45, 2.75) is 230 Å². The van der Waals surface area contributed by atoms with Crippen LogP contribution in [0, 0.1) is 0 Å². The number of aliphatic hydroxyl groups is 5. The van der Waals surface area contributed by atoms with Crippen LogP contribution >= 0.6 is 0 Å². The number of rotatable bonds is 37. The van der Waals surface area contributed by atoms with Crippen molar-refractivity contribution in [1.82, 2.24) is 5.32 Å². The van der Waals surface area contributed by atoms with Gasteiger partial charge in [0.05, 0.1) is 25.4 Å². The van der Waals surface area contributed by atoms with Crippen LogP contribution in [-0.2, 0) is 28.9 Å². The van der Waals surface area contributed by atoms with E-state index in [4.69, 9.17) is 14.0 Å². The Morgan fingerprint density at radius 2 is 1.16 bits per heavy atom. The van der Waals surface area contributed by atoms with E-state index >= 15 is 0 Å². The molecule has 0 bridgehead atoms. The fourth-order valence-corrected chi connectivity index (χ4v) is 7.49. The number of hydrogen-bond acceptors (Lipinski definition) is 11. The maximum atomic E-state index is 13.0. The van der Waals surface area contributed by atoms with Crippen LogP contribution in [0.5, 0.6) is 0 Å². The Bertz CT molecular complexity index is 1140. The lowest BCUT2D eigenvalue weighted by Gasteiger charge is -2.41. The van der Waals surface area contributed by atoms with Gasteiger partial charge in [-0.25, -0.2) is 4.18 Å². The molecule has 57 heavy (non-hydrogen) atoms. The van der Waals surface area contributed by atoms with Crippen molar-refractivity contribution >= 4 is 16.3 Å². The largest absolute Gasteiger partial charge is 0.397 e. The smallest absolute Gasteiger partial charge is 0.394 e. The molecule has 0 radical (unpaired) electrons. The van der Waals surface area contributed by atoms with E-state index in [0.717, 1.165) is 51.4 Å². The molecule has 0 spiro atoms. The monoisotopic (exact) mass is 836 g/mol. The van der Waals surface area contributed by atoms with Gasteiger partial charge < -0.3 is 40.3 Å². The normalized spacial score (nSPS) is 22.0. The van der Waals surface area contributed by atoms with Gasteiger partial charge in [-0.3, -0.25) is 9.35 Å². The summed E-state index contributed by atoms with van der Waals surface area (Å²) >= 11 is 0. The minimum absolute atomic E-state index is 0.229. The molecule has 336 valence electrons. The third-order valence-electron chi connectivity index (χ3n) is 10.6. The van der Waals surface area contributed by atoms with Gasteiger partial charge in [0.2, 0.25) is 5.91 Å². The van der Waals surface area contributed by atoms with E-state index in [-0.39, 0.29) is 6.42 Å². The van der Waals surface area contributed by atoms with Crippen LogP contribution in [0.4, 0.5) is 0 Å². The maximum Gasteiger partial charge on any atom is 0.397 e. The molecule has 0 aromatic carbocycles. The zero-order chi connectivity index (χ0) is 42.2. The molecule has 1 fully saturated rings.